The van der Waals surface area contributed by atoms with Gasteiger partial charge in [-0.3, -0.25) is 10.2 Å². The second-order valence-corrected chi connectivity index (χ2v) is 8.93. The lowest BCUT2D eigenvalue weighted by Crippen LogP contribution is -2.26. The highest BCUT2D eigenvalue weighted by atomic mass is 32.2. The Hall–Kier alpha value is -3.77. The van der Waals surface area contributed by atoms with Crippen LogP contribution >= 0.6 is 0 Å². The number of nitrogens with zero attached hydrogens (tertiary/aromatic N) is 1. The predicted octanol–water partition coefficient (Wildman–Crippen LogP) is 5.23. The van der Waals surface area contributed by atoms with Gasteiger partial charge in [-0.1, -0.05) is 78.4 Å². The van der Waals surface area contributed by atoms with Gasteiger partial charge in [0.05, 0.1) is 10.6 Å². The summed E-state index contributed by atoms with van der Waals surface area (Å²) < 4.78 is 26.7. The lowest BCUT2D eigenvalue weighted by Gasteiger charge is -2.11. The zero-order valence-electron chi connectivity index (χ0n) is 16.8. The largest absolute Gasteiger partial charge is 0.286 e. The van der Waals surface area contributed by atoms with Crippen LogP contribution in [0.5, 0.6) is 0 Å². The van der Waals surface area contributed by atoms with E-state index in [-0.39, 0.29) is 10.5 Å². The summed E-state index contributed by atoms with van der Waals surface area (Å²) in [5, 5.41) is 5.04. The Labute approximate surface area is 181 Å². The zero-order chi connectivity index (χ0) is 21.8. The fourth-order valence-corrected chi connectivity index (χ4v) is 4.48. The summed E-state index contributed by atoms with van der Waals surface area (Å²) in [6.45, 7) is 1.95. The second kappa shape index (κ2) is 8.53. The van der Waals surface area contributed by atoms with E-state index >= 15 is 0 Å². The Kier molecular flexibility index (Phi) is 5.64. The highest BCUT2D eigenvalue weighted by Gasteiger charge is 2.31. The van der Waals surface area contributed by atoms with Gasteiger partial charge in [0.2, 0.25) is 20.7 Å². The van der Waals surface area contributed by atoms with Crippen molar-refractivity contribution in [1.82, 2.24) is 0 Å². The maximum atomic E-state index is 13.5. The number of carbonyl (C=O) groups is 1. The Balaban J connectivity index is 1.84. The number of sulfone groups is 1. The molecule has 0 saturated carbocycles. The molecule has 0 aromatic heterocycles. The molecule has 0 heterocycles. The molecule has 4 aromatic rings. The van der Waals surface area contributed by atoms with E-state index < -0.39 is 20.7 Å². The van der Waals surface area contributed by atoms with Crippen molar-refractivity contribution in [2.24, 2.45) is 5.10 Å². The molecule has 0 aliphatic rings. The van der Waals surface area contributed by atoms with Gasteiger partial charge in [-0.25, -0.2) is 8.42 Å². The number of fused-ring (bicyclic) bond motifs is 1. The Morgan fingerprint density at radius 2 is 1.42 bits per heavy atom. The van der Waals surface area contributed by atoms with Gasteiger partial charge in [-0.15, -0.1) is 0 Å². The van der Waals surface area contributed by atoms with Gasteiger partial charge in [0.1, 0.15) is 0 Å². The Morgan fingerprint density at radius 3 is 2.16 bits per heavy atom. The molecule has 4 rings (SSSR count). The molecule has 0 amide bonds. The molecule has 154 valence electrons. The Bertz CT molecular complexity index is 1370. The Morgan fingerprint density at radius 1 is 0.774 bits per heavy atom. The van der Waals surface area contributed by atoms with Crippen molar-refractivity contribution >= 4 is 37.1 Å². The number of hydrogen-bond acceptors (Lipinski definition) is 5. The summed E-state index contributed by atoms with van der Waals surface area (Å²) in [6, 6.07) is 27.7. The van der Waals surface area contributed by atoms with Crippen LogP contribution in [-0.2, 0) is 9.84 Å². The summed E-state index contributed by atoms with van der Waals surface area (Å²) >= 11 is 0. The maximum absolute atomic E-state index is 13.5. The first-order valence-corrected chi connectivity index (χ1v) is 11.2. The lowest BCUT2D eigenvalue weighted by atomic mass is 10.0. The number of rotatable bonds is 5. The van der Waals surface area contributed by atoms with Crippen LogP contribution in [0.15, 0.2) is 107 Å². The smallest absolute Gasteiger partial charge is 0.229 e. The minimum absolute atomic E-state index is 0.00745. The highest BCUT2D eigenvalue weighted by Crippen LogP contribution is 2.22. The molecule has 0 radical (unpaired) electrons. The van der Waals surface area contributed by atoms with E-state index in [1.165, 1.54) is 12.1 Å². The van der Waals surface area contributed by atoms with E-state index in [0.29, 0.717) is 11.1 Å². The molecule has 0 unspecified atom stereocenters. The monoisotopic (exact) mass is 428 g/mol. The second-order valence-electron chi connectivity index (χ2n) is 7.07. The first-order chi connectivity index (χ1) is 15.0. The molecule has 6 heteroatoms. The number of benzene rings is 4. The minimum Gasteiger partial charge on any atom is -0.286 e. The van der Waals surface area contributed by atoms with Crippen LogP contribution in [0.4, 0.5) is 5.69 Å². The fourth-order valence-electron chi connectivity index (χ4n) is 3.23. The van der Waals surface area contributed by atoms with Gasteiger partial charge in [0.15, 0.2) is 0 Å². The minimum atomic E-state index is -4.16. The van der Waals surface area contributed by atoms with Crippen molar-refractivity contribution in [1.29, 1.82) is 0 Å². The third-order valence-corrected chi connectivity index (χ3v) is 6.55. The molecule has 0 spiro atoms. The molecular formula is C25H20N2O3S. The van der Waals surface area contributed by atoms with Crippen LogP contribution < -0.4 is 5.43 Å². The van der Waals surface area contributed by atoms with Crippen LogP contribution in [0.3, 0.4) is 0 Å². The molecule has 0 fully saturated rings. The summed E-state index contributed by atoms with van der Waals surface area (Å²) in [6.07, 6.45) is 0. The SMILES string of the molecule is Cc1ccc(NN=C(C(=O)c2cccc3ccccc23)S(=O)(=O)c2ccccc2)cc1. The topological polar surface area (TPSA) is 75.6 Å². The van der Waals surface area contributed by atoms with E-state index in [0.717, 1.165) is 10.9 Å². The van der Waals surface area contributed by atoms with E-state index in [1.54, 1.807) is 48.5 Å². The van der Waals surface area contributed by atoms with Gasteiger partial charge in [-0.05, 0) is 42.0 Å². The number of carbonyl (C=O) groups excluding carboxylic acids is 1. The van der Waals surface area contributed by atoms with Crippen molar-refractivity contribution in [3.63, 3.8) is 0 Å². The average molecular weight is 429 g/mol. The highest BCUT2D eigenvalue weighted by molar-refractivity contribution is 8.08. The third kappa shape index (κ3) is 4.25. The third-order valence-electron chi connectivity index (χ3n) is 4.87. The summed E-state index contributed by atoms with van der Waals surface area (Å²) in [4.78, 5) is 13.5. The van der Waals surface area contributed by atoms with Crippen molar-refractivity contribution < 1.29 is 13.2 Å². The van der Waals surface area contributed by atoms with Crippen molar-refractivity contribution in [2.45, 2.75) is 11.8 Å². The quantitative estimate of drug-likeness (QED) is 0.204. The van der Waals surface area contributed by atoms with E-state index in [1.807, 2.05) is 43.3 Å². The van der Waals surface area contributed by atoms with Crippen LogP contribution in [-0.4, -0.2) is 19.2 Å². The van der Waals surface area contributed by atoms with Crippen LogP contribution in [0.2, 0.25) is 0 Å². The standard InChI is InChI=1S/C25H20N2O3S/c1-18-14-16-20(17-15-18)26-27-25(31(29,30)21-10-3-2-4-11-21)24(28)23-13-7-9-19-8-5-6-12-22(19)23/h2-17,26H,1H3. The van der Waals surface area contributed by atoms with Crippen LogP contribution in [0.1, 0.15) is 15.9 Å². The predicted molar refractivity (Wildman–Crippen MR) is 124 cm³/mol. The first-order valence-electron chi connectivity index (χ1n) is 9.70. The van der Waals surface area contributed by atoms with Gasteiger partial charge in [0.25, 0.3) is 0 Å². The molecule has 0 bridgehead atoms. The van der Waals surface area contributed by atoms with Crippen molar-refractivity contribution in [3.05, 3.63) is 108 Å². The zero-order valence-corrected chi connectivity index (χ0v) is 17.6. The molecule has 0 atom stereocenters. The number of aryl methyl sites for hydroxylation is 1. The molecular weight excluding hydrogens is 408 g/mol. The fraction of sp³-hybridized carbons (Fsp3) is 0.0400. The molecule has 4 aromatic carbocycles. The molecule has 0 aliphatic carbocycles. The number of nitrogens with one attached hydrogen (secondary N) is 1. The number of ketones is 1. The number of hydrogen-bond donors (Lipinski definition) is 1. The van der Waals surface area contributed by atoms with Gasteiger partial charge in [-0.2, -0.15) is 5.10 Å². The van der Waals surface area contributed by atoms with Crippen LogP contribution in [0.25, 0.3) is 10.8 Å². The molecule has 0 aliphatic heterocycles. The first kappa shape index (κ1) is 20.5. The van der Waals surface area contributed by atoms with Gasteiger partial charge >= 0.3 is 0 Å². The normalized spacial score (nSPS) is 12.0. The van der Waals surface area contributed by atoms with Gasteiger partial charge in [0, 0.05) is 5.56 Å². The van der Waals surface area contributed by atoms with E-state index in [4.69, 9.17) is 0 Å². The number of Topliss-reactive ketones (excluding diaryl/α,β-unsaturated/α-hetero) is 1. The number of anilines is 1. The molecule has 0 saturated heterocycles. The lowest BCUT2D eigenvalue weighted by molar-refractivity contribution is 0.107. The van der Waals surface area contributed by atoms with Crippen molar-refractivity contribution in [3.8, 4) is 0 Å². The summed E-state index contributed by atoms with van der Waals surface area (Å²) in [7, 11) is -4.16. The molecule has 31 heavy (non-hydrogen) atoms. The molecule has 1 N–H and O–H groups in total. The van der Waals surface area contributed by atoms with E-state index in [2.05, 4.69) is 10.5 Å². The maximum Gasteiger partial charge on any atom is 0.229 e. The van der Waals surface area contributed by atoms with Gasteiger partial charge < -0.3 is 0 Å². The number of hydrazone groups is 1. The van der Waals surface area contributed by atoms with Crippen molar-refractivity contribution in [2.75, 3.05) is 5.43 Å². The van der Waals surface area contributed by atoms with Crippen LogP contribution in [0, 0.1) is 6.92 Å². The summed E-state index contributed by atoms with van der Waals surface area (Å²) in [5.41, 5.74) is 4.65. The van der Waals surface area contributed by atoms with E-state index in [9.17, 15) is 13.2 Å². The average Bonchev–Trinajstić information content (AvgIpc) is 2.80. The molecule has 5 nitrogen and oxygen atoms in total. The summed E-state index contributed by atoms with van der Waals surface area (Å²) in [5.74, 6) is -0.666.